The van der Waals surface area contributed by atoms with Crippen LogP contribution in [0.1, 0.15) is 37.6 Å². The molecule has 164 valence electrons. The molecule has 2 aliphatic rings. The second-order valence-electron chi connectivity index (χ2n) is 8.30. The lowest BCUT2D eigenvalue weighted by molar-refractivity contribution is -0.384. The summed E-state index contributed by atoms with van der Waals surface area (Å²) < 4.78 is 10.5. The Morgan fingerprint density at radius 3 is 2.43 bits per heavy atom. The maximum absolute atomic E-state index is 12.6. The van der Waals surface area contributed by atoms with Gasteiger partial charge in [0.15, 0.2) is 6.10 Å². The average Bonchev–Trinajstić information content (AvgIpc) is 2.72. The summed E-state index contributed by atoms with van der Waals surface area (Å²) in [6.07, 6.45) is 0.113. The van der Waals surface area contributed by atoms with Crippen LogP contribution in [0.15, 0.2) is 18.2 Å². The summed E-state index contributed by atoms with van der Waals surface area (Å²) in [4.78, 5) is 39.8. The molecule has 1 aromatic rings. The zero-order chi connectivity index (χ0) is 21.8. The van der Waals surface area contributed by atoms with Crippen molar-refractivity contribution in [2.45, 2.75) is 33.3 Å². The van der Waals surface area contributed by atoms with Crippen molar-refractivity contribution < 1.29 is 24.0 Å². The fourth-order valence-electron chi connectivity index (χ4n) is 4.24. The fraction of sp³-hybridized carbons (Fsp3) is 0.619. The van der Waals surface area contributed by atoms with Crippen LogP contribution in [-0.4, -0.2) is 67.2 Å². The molecule has 2 fully saturated rings. The standard InChI is InChI=1S/C21H29N3O6/c1-14-10-15(2)13-23(12-14)18-5-4-17(11-19(18)24(27)28)21(26)30-16(3)20(25)22-6-8-29-9-7-22/h4-5,11,14-16H,6-10,12-13H2,1-3H3. The highest BCUT2D eigenvalue weighted by atomic mass is 16.6. The zero-order valence-corrected chi connectivity index (χ0v) is 17.7. The minimum absolute atomic E-state index is 0.0604. The number of piperidine rings is 1. The van der Waals surface area contributed by atoms with Gasteiger partial charge in [-0.2, -0.15) is 0 Å². The van der Waals surface area contributed by atoms with Gasteiger partial charge in [0.1, 0.15) is 5.69 Å². The number of morpholine rings is 1. The highest BCUT2D eigenvalue weighted by Crippen LogP contribution is 2.34. The van der Waals surface area contributed by atoms with E-state index in [1.807, 2.05) is 4.90 Å². The highest BCUT2D eigenvalue weighted by Gasteiger charge is 2.30. The highest BCUT2D eigenvalue weighted by molar-refractivity contribution is 5.93. The van der Waals surface area contributed by atoms with E-state index in [9.17, 15) is 19.7 Å². The molecule has 0 N–H and O–H groups in total. The Kier molecular flexibility index (Phi) is 6.91. The van der Waals surface area contributed by atoms with Crippen molar-refractivity contribution in [2.75, 3.05) is 44.3 Å². The molecule has 0 spiro atoms. The van der Waals surface area contributed by atoms with Gasteiger partial charge in [0, 0.05) is 32.2 Å². The van der Waals surface area contributed by atoms with Crippen LogP contribution in [0.4, 0.5) is 11.4 Å². The van der Waals surface area contributed by atoms with Gasteiger partial charge in [0.25, 0.3) is 11.6 Å². The lowest BCUT2D eigenvalue weighted by Crippen LogP contribution is -2.46. The third-order valence-electron chi connectivity index (χ3n) is 5.57. The molecule has 1 amide bonds. The van der Waals surface area contributed by atoms with Gasteiger partial charge in [0.2, 0.25) is 0 Å². The summed E-state index contributed by atoms with van der Waals surface area (Å²) >= 11 is 0. The van der Waals surface area contributed by atoms with E-state index in [4.69, 9.17) is 9.47 Å². The van der Waals surface area contributed by atoms with E-state index >= 15 is 0 Å². The van der Waals surface area contributed by atoms with Gasteiger partial charge in [-0.25, -0.2) is 4.79 Å². The second-order valence-corrected chi connectivity index (χ2v) is 8.30. The second kappa shape index (κ2) is 9.42. The SMILES string of the molecule is CC1CC(C)CN(c2ccc(C(=O)OC(C)C(=O)N3CCOCC3)cc2[N+](=O)[O-])C1. The first kappa shape index (κ1) is 22.0. The van der Waals surface area contributed by atoms with E-state index in [0.29, 0.717) is 43.8 Å². The third kappa shape index (κ3) is 5.08. The van der Waals surface area contributed by atoms with E-state index in [-0.39, 0.29) is 17.2 Å². The Bertz CT molecular complexity index is 798. The molecule has 2 aliphatic heterocycles. The van der Waals surface area contributed by atoms with Crippen LogP contribution >= 0.6 is 0 Å². The van der Waals surface area contributed by atoms with Gasteiger partial charge in [-0.15, -0.1) is 0 Å². The summed E-state index contributed by atoms with van der Waals surface area (Å²) in [7, 11) is 0. The molecular formula is C21H29N3O6. The Balaban J connectivity index is 1.74. The Morgan fingerprint density at radius 2 is 1.83 bits per heavy atom. The number of rotatable bonds is 5. The number of hydrogen-bond acceptors (Lipinski definition) is 7. The van der Waals surface area contributed by atoms with Crippen molar-refractivity contribution in [3.63, 3.8) is 0 Å². The molecule has 3 unspecified atom stereocenters. The lowest BCUT2D eigenvalue weighted by Gasteiger charge is -2.36. The minimum Gasteiger partial charge on any atom is -0.449 e. The van der Waals surface area contributed by atoms with Crippen LogP contribution in [0.5, 0.6) is 0 Å². The number of esters is 1. The molecule has 2 heterocycles. The first-order valence-electron chi connectivity index (χ1n) is 10.4. The van der Waals surface area contributed by atoms with Crippen LogP contribution < -0.4 is 4.90 Å². The first-order valence-corrected chi connectivity index (χ1v) is 10.4. The summed E-state index contributed by atoms with van der Waals surface area (Å²) in [5, 5.41) is 11.7. The smallest absolute Gasteiger partial charge is 0.339 e. The predicted molar refractivity (Wildman–Crippen MR) is 111 cm³/mol. The molecule has 9 heteroatoms. The third-order valence-corrected chi connectivity index (χ3v) is 5.57. The van der Waals surface area contributed by atoms with Crippen molar-refractivity contribution in [1.82, 2.24) is 4.90 Å². The van der Waals surface area contributed by atoms with Crippen molar-refractivity contribution in [3.05, 3.63) is 33.9 Å². The topological polar surface area (TPSA) is 102 Å². The summed E-state index contributed by atoms with van der Waals surface area (Å²) in [6.45, 7) is 9.05. The molecular weight excluding hydrogens is 390 g/mol. The van der Waals surface area contributed by atoms with Crippen molar-refractivity contribution in [2.24, 2.45) is 11.8 Å². The van der Waals surface area contributed by atoms with Gasteiger partial charge in [0.05, 0.1) is 23.7 Å². The Labute approximate surface area is 176 Å². The molecule has 3 atom stereocenters. The van der Waals surface area contributed by atoms with E-state index in [1.165, 1.54) is 19.1 Å². The number of hydrogen-bond donors (Lipinski definition) is 0. The minimum atomic E-state index is -0.974. The van der Waals surface area contributed by atoms with Crippen LogP contribution in [0, 0.1) is 22.0 Å². The van der Waals surface area contributed by atoms with Crippen molar-refractivity contribution in [1.29, 1.82) is 0 Å². The van der Waals surface area contributed by atoms with Gasteiger partial charge in [-0.1, -0.05) is 13.8 Å². The van der Waals surface area contributed by atoms with Crippen molar-refractivity contribution in [3.8, 4) is 0 Å². The molecule has 2 saturated heterocycles. The van der Waals surface area contributed by atoms with Crippen LogP contribution in [0.25, 0.3) is 0 Å². The monoisotopic (exact) mass is 419 g/mol. The normalized spacial score (nSPS) is 23.0. The largest absolute Gasteiger partial charge is 0.449 e. The molecule has 0 radical (unpaired) electrons. The number of anilines is 1. The number of nitro benzene ring substituents is 1. The molecule has 9 nitrogen and oxygen atoms in total. The quantitative estimate of drug-likeness (QED) is 0.410. The van der Waals surface area contributed by atoms with Gasteiger partial charge in [-0.05, 0) is 37.3 Å². The molecule has 0 saturated carbocycles. The van der Waals surface area contributed by atoms with Gasteiger partial charge < -0.3 is 19.3 Å². The maximum atomic E-state index is 12.6. The zero-order valence-electron chi connectivity index (χ0n) is 17.7. The molecule has 0 bridgehead atoms. The molecule has 1 aromatic carbocycles. The molecule has 3 rings (SSSR count). The van der Waals surface area contributed by atoms with Crippen LogP contribution in [0.2, 0.25) is 0 Å². The van der Waals surface area contributed by atoms with E-state index < -0.39 is 17.0 Å². The number of benzene rings is 1. The summed E-state index contributed by atoms with van der Waals surface area (Å²) in [6, 6.07) is 4.38. The van der Waals surface area contributed by atoms with E-state index in [2.05, 4.69) is 13.8 Å². The lowest BCUT2D eigenvalue weighted by atomic mass is 9.91. The van der Waals surface area contributed by atoms with Gasteiger partial charge >= 0.3 is 5.97 Å². The summed E-state index contributed by atoms with van der Waals surface area (Å²) in [5.74, 6) is -0.178. The number of carbonyl (C=O) groups is 2. The predicted octanol–water partition coefficient (Wildman–Crippen LogP) is 2.48. The Morgan fingerprint density at radius 1 is 1.20 bits per heavy atom. The molecule has 0 aromatic heterocycles. The number of carbonyl (C=O) groups excluding carboxylic acids is 2. The Hall–Kier alpha value is -2.68. The van der Waals surface area contributed by atoms with Crippen molar-refractivity contribution >= 4 is 23.3 Å². The molecule has 0 aliphatic carbocycles. The maximum Gasteiger partial charge on any atom is 0.339 e. The molecule has 30 heavy (non-hydrogen) atoms. The van der Waals surface area contributed by atoms with Gasteiger partial charge in [-0.3, -0.25) is 14.9 Å². The fourth-order valence-corrected chi connectivity index (χ4v) is 4.24. The van der Waals surface area contributed by atoms with E-state index in [1.54, 1.807) is 11.0 Å². The first-order chi connectivity index (χ1) is 14.3. The average molecular weight is 419 g/mol. The van der Waals surface area contributed by atoms with Crippen LogP contribution in [-0.2, 0) is 14.3 Å². The van der Waals surface area contributed by atoms with Crippen LogP contribution in [0.3, 0.4) is 0 Å². The number of amides is 1. The summed E-state index contributed by atoms with van der Waals surface area (Å²) in [5.41, 5.74) is 0.440. The number of ether oxygens (including phenoxy) is 2. The number of nitrogens with zero attached hydrogens (tertiary/aromatic N) is 3. The van der Waals surface area contributed by atoms with E-state index in [0.717, 1.165) is 19.5 Å². The number of nitro groups is 1.